The number of nitrogens with zero attached hydrogens (tertiary/aromatic N) is 1. The first-order chi connectivity index (χ1) is 12.4. The molecule has 0 saturated carbocycles. The molecule has 0 amide bonds. The molecule has 2 aromatic carbocycles. The van der Waals surface area contributed by atoms with E-state index in [1.807, 2.05) is 38.1 Å². The van der Waals surface area contributed by atoms with Crippen LogP contribution in [0.25, 0.3) is 0 Å². The smallest absolute Gasteiger partial charge is 0.264 e. The molecule has 3 aliphatic heterocycles. The van der Waals surface area contributed by atoms with E-state index in [1.54, 1.807) is 18.2 Å². The molecule has 1 fully saturated rings. The second-order valence-corrected chi connectivity index (χ2v) is 9.55. The van der Waals surface area contributed by atoms with E-state index >= 15 is 0 Å². The van der Waals surface area contributed by atoms with Gasteiger partial charge in [0.15, 0.2) is 0 Å². The lowest BCUT2D eigenvalue weighted by Gasteiger charge is -2.32. The first-order valence-electron chi connectivity index (χ1n) is 8.97. The zero-order valence-corrected chi connectivity index (χ0v) is 15.6. The SMILES string of the molecule is CC1(C)Oc2ccc(S(=O)(=O)N3CCCc4ccccc43)cc2[C@@H]2O[C@@H]21. The third-order valence-corrected chi connectivity index (χ3v) is 7.30. The van der Waals surface area contributed by atoms with Crippen LogP contribution in [0, 0.1) is 0 Å². The van der Waals surface area contributed by atoms with Crippen LogP contribution in [0.15, 0.2) is 47.4 Å². The summed E-state index contributed by atoms with van der Waals surface area (Å²) in [4.78, 5) is 0.297. The summed E-state index contributed by atoms with van der Waals surface area (Å²) in [5, 5.41) is 0. The number of para-hydroxylation sites is 1. The van der Waals surface area contributed by atoms with E-state index in [9.17, 15) is 8.42 Å². The van der Waals surface area contributed by atoms with Crippen molar-refractivity contribution >= 4 is 15.7 Å². The minimum absolute atomic E-state index is 0.0105. The molecular formula is C20H21NO4S. The summed E-state index contributed by atoms with van der Waals surface area (Å²) in [7, 11) is -3.62. The molecule has 0 aliphatic carbocycles. The third-order valence-electron chi connectivity index (χ3n) is 5.49. The number of anilines is 1. The Balaban J connectivity index is 1.56. The summed E-state index contributed by atoms with van der Waals surface area (Å²) < 4.78 is 40.0. The van der Waals surface area contributed by atoms with Gasteiger partial charge in [-0.25, -0.2) is 8.42 Å². The Morgan fingerprint density at radius 1 is 1.15 bits per heavy atom. The molecule has 26 heavy (non-hydrogen) atoms. The molecule has 0 aromatic heterocycles. The van der Waals surface area contributed by atoms with Gasteiger partial charge in [0.2, 0.25) is 0 Å². The number of aryl methyl sites for hydroxylation is 1. The lowest BCUT2D eigenvalue weighted by atomic mass is 9.94. The van der Waals surface area contributed by atoms with Crippen LogP contribution >= 0.6 is 0 Å². The van der Waals surface area contributed by atoms with Crippen LogP contribution < -0.4 is 9.04 Å². The van der Waals surface area contributed by atoms with Gasteiger partial charge in [0.1, 0.15) is 23.6 Å². The van der Waals surface area contributed by atoms with Gasteiger partial charge in [-0.2, -0.15) is 0 Å². The highest BCUT2D eigenvalue weighted by atomic mass is 32.2. The van der Waals surface area contributed by atoms with E-state index in [4.69, 9.17) is 9.47 Å². The number of hydrogen-bond acceptors (Lipinski definition) is 4. The zero-order valence-electron chi connectivity index (χ0n) is 14.8. The van der Waals surface area contributed by atoms with Crippen molar-refractivity contribution in [2.45, 2.75) is 49.4 Å². The fraction of sp³-hybridized carbons (Fsp3) is 0.400. The summed E-state index contributed by atoms with van der Waals surface area (Å²) in [6.07, 6.45) is 1.65. The highest BCUT2D eigenvalue weighted by Crippen LogP contribution is 2.54. The van der Waals surface area contributed by atoms with Crippen LogP contribution in [0.5, 0.6) is 5.75 Å². The fourth-order valence-corrected chi connectivity index (χ4v) is 5.67. The van der Waals surface area contributed by atoms with E-state index in [-0.39, 0.29) is 17.8 Å². The Morgan fingerprint density at radius 2 is 1.96 bits per heavy atom. The third kappa shape index (κ3) is 2.28. The second kappa shape index (κ2) is 5.24. The molecule has 0 bridgehead atoms. The predicted octanol–water partition coefficient (Wildman–Crippen LogP) is 3.44. The lowest BCUT2D eigenvalue weighted by Crippen LogP contribution is -2.38. The first-order valence-corrected chi connectivity index (χ1v) is 10.4. The standard InChI is InChI=1S/C20H21NO4S/c1-20(2)19-18(24-19)15-12-14(9-10-17(15)25-20)26(22,23)21-11-5-7-13-6-3-4-8-16(13)21/h3-4,6,8-10,12,18-19H,5,7,11H2,1-2H3/t18-,19-/m0/s1. The fourth-order valence-electron chi connectivity index (χ4n) is 4.10. The topological polar surface area (TPSA) is 59.1 Å². The first kappa shape index (κ1) is 16.1. The molecule has 1 saturated heterocycles. The highest BCUT2D eigenvalue weighted by molar-refractivity contribution is 7.92. The van der Waals surface area contributed by atoms with Crippen LogP contribution in [-0.2, 0) is 21.2 Å². The Hall–Kier alpha value is -2.05. The number of ether oxygens (including phenoxy) is 2. The van der Waals surface area contributed by atoms with Gasteiger partial charge in [-0.3, -0.25) is 4.31 Å². The van der Waals surface area contributed by atoms with E-state index in [2.05, 4.69) is 0 Å². The summed E-state index contributed by atoms with van der Waals surface area (Å²) in [6, 6.07) is 12.9. The van der Waals surface area contributed by atoms with Crippen LogP contribution in [0.4, 0.5) is 5.69 Å². The van der Waals surface area contributed by atoms with Crippen LogP contribution in [0.2, 0.25) is 0 Å². The van der Waals surface area contributed by atoms with Crippen LogP contribution in [0.3, 0.4) is 0 Å². The number of hydrogen-bond donors (Lipinski definition) is 0. The molecule has 0 N–H and O–H groups in total. The van der Waals surface area contributed by atoms with Crippen molar-refractivity contribution in [1.82, 2.24) is 0 Å². The van der Waals surface area contributed by atoms with Gasteiger partial charge < -0.3 is 9.47 Å². The monoisotopic (exact) mass is 371 g/mol. The Morgan fingerprint density at radius 3 is 2.81 bits per heavy atom. The van der Waals surface area contributed by atoms with Gasteiger partial charge in [0.25, 0.3) is 10.0 Å². The van der Waals surface area contributed by atoms with Crippen molar-refractivity contribution in [2.75, 3.05) is 10.8 Å². The van der Waals surface area contributed by atoms with E-state index in [1.165, 1.54) is 4.31 Å². The summed E-state index contributed by atoms with van der Waals surface area (Å²) in [6.45, 7) is 4.49. The average molecular weight is 371 g/mol. The molecule has 3 aliphatic rings. The van der Waals surface area contributed by atoms with Crippen LogP contribution in [0.1, 0.15) is 37.5 Å². The van der Waals surface area contributed by atoms with Gasteiger partial charge in [-0.05, 0) is 56.5 Å². The summed E-state index contributed by atoms with van der Waals surface area (Å²) in [5.41, 5.74) is 2.31. The minimum Gasteiger partial charge on any atom is -0.485 e. The quantitative estimate of drug-likeness (QED) is 0.759. The van der Waals surface area contributed by atoms with Gasteiger partial charge in [-0.1, -0.05) is 18.2 Å². The minimum atomic E-state index is -3.62. The molecule has 2 aromatic rings. The Bertz CT molecular complexity index is 999. The Kier molecular flexibility index (Phi) is 3.25. The van der Waals surface area contributed by atoms with Crippen molar-refractivity contribution in [3.8, 4) is 5.75 Å². The molecule has 6 heteroatoms. The van der Waals surface area contributed by atoms with E-state index in [0.717, 1.165) is 29.7 Å². The molecule has 3 heterocycles. The normalized spacial score (nSPS) is 25.5. The van der Waals surface area contributed by atoms with Crippen molar-refractivity contribution in [1.29, 1.82) is 0 Å². The van der Waals surface area contributed by atoms with E-state index in [0.29, 0.717) is 17.2 Å². The average Bonchev–Trinajstić information content (AvgIpc) is 3.43. The number of fused-ring (bicyclic) bond motifs is 4. The summed E-state index contributed by atoms with van der Waals surface area (Å²) >= 11 is 0. The maximum Gasteiger partial charge on any atom is 0.264 e. The molecule has 5 nitrogen and oxygen atoms in total. The second-order valence-electron chi connectivity index (χ2n) is 7.69. The van der Waals surface area contributed by atoms with Crippen molar-refractivity contribution in [3.05, 3.63) is 53.6 Å². The largest absolute Gasteiger partial charge is 0.485 e. The van der Waals surface area contributed by atoms with Gasteiger partial charge >= 0.3 is 0 Å². The van der Waals surface area contributed by atoms with Crippen molar-refractivity contribution < 1.29 is 17.9 Å². The van der Waals surface area contributed by atoms with Crippen LogP contribution in [-0.4, -0.2) is 26.7 Å². The van der Waals surface area contributed by atoms with Gasteiger partial charge in [0, 0.05) is 12.1 Å². The molecule has 136 valence electrons. The predicted molar refractivity (Wildman–Crippen MR) is 98.1 cm³/mol. The Labute approximate surface area is 153 Å². The van der Waals surface area contributed by atoms with Gasteiger partial charge in [-0.15, -0.1) is 0 Å². The van der Waals surface area contributed by atoms with Crippen molar-refractivity contribution in [3.63, 3.8) is 0 Å². The number of sulfonamides is 1. The maximum absolute atomic E-state index is 13.3. The molecule has 5 rings (SSSR count). The molecule has 0 spiro atoms. The zero-order chi connectivity index (χ0) is 18.1. The number of rotatable bonds is 2. The lowest BCUT2D eigenvalue weighted by molar-refractivity contribution is 0.0724. The molecule has 0 unspecified atom stereocenters. The molecular weight excluding hydrogens is 350 g/mol. The highest BCUT2D eigenvalue weighted by Gasteiger charge is 2.56. The summed E-state index contributed by atoms with van der Waals surface area (Å²) in [5.74, 6) is 0.715. The number of epoxide rings is 1. The molecule has 2 atom stereocenters. The van der Waals surface area contributed by atoms with Gasteiger partial charge in [0.05, 0.1) is 10.6 Å². The maximum atomic E-state index is 13.3. The molecule has 0 radical (unpaired) electrons. The van der Waals surface area contributed by atoms with E-state index < -0.39 is 10.0 Å². The number of benzene rings is 2. The van der Waals surface area contributed by atoms with Crippen molar-refractivity contribution in [2.24, 2.45) is 0 Å².